The molecule has 204 valence electrons. The van der Waals surface area contributed by atoms with Crippen molar-refractivity contribution >= 4 is 40.0 Å². The molecule has 0 saturated carbocycles. The fourth-order valence-corrected chi connectivity index (χ4v) is 6.07. The number of thiophene rings is 1. The highest BCUT2D eigenvalue weighted by Gasteiger charge is 2.31. The van der Waals surface area contributed by atoms with Crippen molar-refractivity contribution in [3.63, 3.8) is 0 Å². The van der Waals surface area contributed by atoms with Gasteiger partial charge in [-0.1, -0.05) is 24.2 Å². The predicted molar refractivity (Wildman–Crippen MR) is 138 cm³/mol. The molecule has 0 bridgehead atoms. The van der Waals surface area contributed by atoms with Gasteiger partial charge in [0.1, 0.15) is 17.4 Å². The fraction of sp³-hybridized carbons (Fsp3) is 0.440. The first-order valence-corrected chi connectivity index (χ1v) is 13.9. The van der Waals surface area contributed by atoms with Gasteiger partial charge in [-0.15, -0.1) is 21.5 Å². The lowest BCUT2D eigenvalue weighted by atomic mass is 10.1. The molecule has 13 heteroatoms. The van der Waals surface area contributed by atoms with Crippen LogP contribution in [0.1, 0.15) is 58.4 Å². The van der Waals surface area contributed by atoms with E-state index in [1.54, 1.807) is 18.5 Å². The number of hydrogen-bond acceptors (Lipinski definition) is 8. The Kier molecular flexibility index (Phi) is 8.98. The molecule has 1 N–H and O–H groups in total. The maximum Gasteiger partial charge on any atom is 0.416 e. The highest BCUT2D eigenvalue weighted by atomic mass is 32.2. The van der Waals surface area contributed by atoms with Crippen LogP contribution in [-0.4, -0.2) is 39.0 Å². The Morgan fingerprint density at radius 1 is 1.18 bits per heavy atom. The summed E-state index contributed by atoms with van der Waals surface area (Å²) in [5.41, 5.74) is 0.635. The highest BCUT2D eigenvalue weighted by Crippen LogP contribution is 2.38. The average molecular weight is 569 g/mol. The number of amides is 1. The third-order valence-corrected chi connectivity index (χ3v) is 8.17. The number of alkyl halides is 3. The van der Waals surface area contributed by atoms with Gasteiger partial charge in [0.2, 0.25) is 5.91 Å². The number of halogens is 3. The zero-order valence-electron chi connectivity index (χ0n) is 20.9. The van der Waals surface area contributed by atoms with E-state index >= 15 is 0 Å². The number of fused-ring (bicyclic) bond motifs is 1. The van der Waals surface area contributed by atoms with Crippen LogP contribution in [0, 0.1) is 0 Å². The van der Waals surface area contributed by atoms with Crippen LogP contribution in [-0.2, 0) is 42.2 Å². The highest BCUT2D eigenvalue weighted by molar-refractivity contribution is 7.99. The standard InChI is InChI=1S/C25H27F3N4O4S2/c1-3-35-23(34)21-17-10-5-4-6-11-18(17)38-22(21)29-20(33)14-37-24-31-30-19(32(24)2)13-36-16-9-7-8-15(12-16)25(26,27)28/h7-9,12H,3-6,10-11,13-14H2,1-2H3,(H,29,33). The van der Waals surface area contributed by atoms with Crippen molar-refractivity contribution in [1.82, 2.24) is 14.8 Å². The molecule has 1 aliphatic carbocycles. The first-order valence-electron chi connectivity index (χ1n) is 12.1. The lowest BCUT2D eigenvalue weighted by Crippen LogP contribution is -2.17. The summed E-state index contributed by atoms with van der Waals surface area (Å²) in [6.45, 7) is 1.90. The van der Waals surface area contributed by atoms with E-state index in [1.165, 1.54) is 23.5 Å². The van der Waals surface area contributed by atoms with E-state index in [0.717, 1.165) is 66.4 Å². The molecule has 4 rings (SSSR count). The molecule has 2 heterocycles. The lowest BCUT2D eigenvalue weighted by Gasteiger charge is -2.10. The molecule has 0 atom stereocenters. The molecule has 0 aliphatic heterocycles. The molecule has 1 aromatic carbocycles. The minimum atomic E-state index is -4.46. The number of aromatic nitrogens is 3. The van der Waals surface area contributed by atoms with Gasteiger partial charge in [-0.05, 0) is 56.4 Å². The molecule has 0 radical (unpaired) electrons. The number of rotatable bonds is 9. The number of nitrogens with zero attached hydrogens (tertiary/aromatic N) is 3. The predicted octanol–water partition coefficient (Wildman–Crippen LogP) is 5.65. The number of ether oxygens (including phenoxy) is 2. The largest absolute Gasteiger partial charge is 0.486 e. The minimum absolute atomic E-state index is 0.0191. The Hall–Kier alpha value is -3.06. The summed E-state index contributed by atoms with van der Waals surface area (Å²) in [6.07, 6.45) is 0.340. The lowest BCUT2D eigenvalue weighted by molar-refractivity contribution is -0.137. The fourth-order valence-electron chi connectivity index (χ4n) is 4.05. The van der Waals surface area contributed by atoms with E-state index in [4.69, 9.17) is 9.47 Å². The maximum absolute atomic E-state index is 12.9. The second-order valence-electron chi connectivity index (χ2n) is 8.60. The van der Waals surface area contributed by atoms with Gasteiger partial charge in [0, 0.05) is 11.9 Å². The summed E-state index contributed by atoms with van der Waals surface area (Å²) in [5, 5.41) is 11.9. The zero-order chi connectivity index (χ0) is 27.3. The van der Waals surface area contributed by atoms with Crippen molar-refractivity contribution in [2.75, 3.05) is 17.7 Å². The second-order valence-corrected chi connectivity index (χ2v) is 10.6. The molecular weight excluding hydrogens is 541 g/mol. The topological polar surface area (TPSA) is 95.3 Å². The number of carbonyl (C=O) groups excluding carboxylic acids is 2. The summed E-state index contributed by atoms with van der Waals surface area (Å²) < 4.78 is 51.1. The molecule has 8 nitrogen and oxygen atoms in total. The summed E-state index contributed by atoms with van der Waals surface area (Å²) in [6, 6.07) is 4.59. The smallest absolute Gasteiger partial charge is 0.416 e. The van der Waals surface area contributed by atoms with Crippen LogP contribution >= 0.6 is 23.1 Å². The van der Waals surface area contributed by atoms with Crippen LogP contribution in [0.3, 0.4) is 0 Å². The molecule has 0 spiro atoms. The summed E-state index contributed by atoms with van der Waals surface area (Å²) in [7, 11) is 1.68. The third-order valence-electron chi connectivity index (χ3n) is 5.94. The quantitative estimate of drug-likeness (QED) is 0.202. The SMILES string of the molecule is CCOC(=O)c1c(NC(=O)CSc2nnc(COc3cccc(C(F)(F)F)c3)n2C)sc2c1CCCCC2. The van der Waals surface area contributed by atoms with Crippen molar-refractivity contribution < 1.29 is 32.2 Å². The van der Waals surface area contributed by atoms with Crippen LogP contribution in [0.2, 0.25) is 0 Å². The zero-order valence-corrected chi connectivity index (χ0v) is 22.5. The number of thioether (sulfide) groups is 1. The van der Waals surface area contributed by atoms with Crippen molar-refractivity contribution in [2.45, 2.75) is 57.0 Å². The maximum atomic E-state index is 12.9. The monoisotopic (exact) mass is 568 g/mol. The summed E-state index contributed by atoms with van der Waals surface area (Å²) in [5.74, 6) is -0.263. The number of hydrogen-bond donors (Lipinski definition) is 1. The van der Waals surface area contributed by atoms with Crippen LogP contribution in [0.15, 0.2) is 29.4 Å². The van der Waals surface area contributed by atoms with Crippen LogP contribution in [0.4, 0.5) is 18.2 Å². The molecule has 3 aromatic rings. The number of aryl methyl sites for hydroxylation is 1. The van der Waals surface area contributed by atoms with Gasteiger partial charge < -0.3 is 19.4 Å². The first kappa shape index (κ1) is 28.0. The molecule has 38 heavy (non-hydrogen) atoms. The normalized spacial score (nSPS) is 13.5. The summed E-state index contributed by atoms with van der Waals surface area (Å²) in [4.78, 5) is 26.6. The van der Waals surface area contributed by atoms with Gasteiger partial charge in [0.05, 0.1) is 23.5 Å². The number of carbonyl (C=O) groups is 2. The molecule has 0 saturated heterocycles. The molecule has 2 aromatic heterocycles. The Labute approximate surface area is 225 Å². The molecule has 0 fully saturated rings. The van der Waals surface area contributed by atoms with E-state index in [9.17, 15) is 22.8 Å². The van der Waals surface area contributed by atoms with E-state index in [1.807, 2.05) is 0 Å². The van der Waals surface area contributed by atoms with Gasteiger partial charge >= 0.3 is 12.1 Å². The van der Waals surface area contributed by atoms with Crippen molar-refractivity contribution in [3.05, 3.63) is 51.7 Å². The minimum Gasteiger partial charge on any atom is -0.486 e. The number of benzene rings is 1. The molecular formula is C25H27F3N4O4S2. The van der Waals surface area contributed by atoms with E-state index < -0.39 is 17.7 Å². The third kappa shape index (κ3) is 6.68. The molecule has 1 aliphatic rings. The van der Waals surface area contributed by atoms with Crippen molar-refractivity contribution in [3.8, 4) is 5.75 Å². The molecule has 0 unspecified atom stereocenters. The van der Waals surface area contributed by atoms with E-state index in [2.05, 4.69) is 15.5 Å². The van der Waals surface area contributed by atoms with Gasteiger partial charge in [-0.2, -0.15) is 13.2 Å². The van der Waals surface area contributed by atoms with Crippen molar-refractivity contribution in [1.29, 1.82) is 0 Å². The van der Waals surface area contributed by atoms with E-state index in [0.29, 0.717) is 21.5 Å². The van der Waals surface area contributed by atoms with Crippen LogP contribution in [0.25, 0.3) is 0 Å². The number of esters is 1. The Bertz CT molecular complexity index is 1310. The number of anilines is 1. The Balaban J connectivity index is 1.38. The van der Waals surface area contributed by atoms with Gasteiger partial charge in [-0.3, -0.25) is 4.79 Å². The van der Waals surface area contributed by atoms with Gasteiger partial charge in [0.15, 0.2) is 11.0 Å². The first-order chi connectivity index (χ1) is 18.2. The Morgan fingerprint density at radius 3 is 2.74 bits per heavy atom. The van der Waals surface area contributed by atoms with Gasteiger partial charge in [0.25, 0.3) is 0 Å². The summed E-state index contributed by atoms with van der Waals surface area (Å²) >= 11 is 2.58. The van der Waals surface area contributed by atoms with Crippen LogP contribution in [0.5, 0.6) is 5.75 Å². The van der Waals surface area contributed by atoms with Crippen LogP contribution < -0.4 is 10.1 Å². The number of nitrogens with one attached hydrogen (secondary N) is 1. The average Bonchev–Trinajstić information content (AvgIpc) is 3.30. The van der Waals surface area contributed by atoms with Gasteiger partial charge in [-0.25, -0.2) is 4.79 Å². The molecule has 1 amide bonds. The second kappa shape index (κ2) is 12.2. The van der Waals surface area contributed by atoms with E-state index in [-0.39, 0.29) is 30.6 Å². The van der Waals surface area contributed by atoms with Crippen molar-refractivity contribution in [2.24, 2.45) is 7.05 Å². The Morgan fingerprint density at radius 2 is 1.97 bits per heavy atom.